The number of nitrogen functional groups attached to an aromatic ring is 1. The van der Waals surface area contributed by atoms with Crippen molar-refractivity contribution in [1.29, 1.82) is 0 Å². The van der Waals surface area contributed by atoms with Gasteiger partial charge in [0, 0.05) is 18.8 Å². The van der Waals surface area contributed by atoms with Crippen LogP contribution in [-0.2, 0) is 10.0 Å². The smallest absolute Gasteiger partial charge is 0.248 e. The molecule has 0 bridgehead atoms. The third-order valence-corrected chi connectivity index (χ3v) is 6.12. The maximum Gasteiger partial charge on any atom is 0.248 e. The lowest BCUT2D eigenvalue weighted by atomic mass is 9.87. The highest BCUT2D eigenvalue weighted by molar-refractivity contribution is 7.89. The van der Waals surface area contributed by atoms with Gasteiger partial charge in [0.2, 0.25) is 10.0 Å². The van der Waals surface area contributed by atoms with E-state index in [2.05, 4.69) is 6.92 Å². The van der Waals surface area contributed by atoms with Gasteiger partial charge in [-0.1, -0.05) is 6.92 Å². The van der Waals surface area contributed by atoms with Gasteiger partial charge in [-0.25, -0.2) is 17.2 Å². The second-order valence-corrected chi connectivity index (χ2v) is 7.68. The van der Waals surface area contributed by atoms with Crippen LogP contribution in [0.15, 0.2) is 17.0 Å². The third kappa shape index (κ3) is 3.18. The SMILES string of the molecule is CC1CCC(N(C)S(=O)(=O)c2c(F)cc(N)cc2F)CC1. The van der Waals surface area contributed by atoms with Crippen LogP contribution < -0.4 is 5.73 Å². The van der Waals surface area contributed by atoms with Crippen LogP contribution in [0.3, 0.4) is 0 Å². The minimum absolute atomic E-state index is 0.141. The Morgan fingerprint density at radius 3 is 2.10 bits per heavy atom. The number of nitrogens with zero attached hydrogens (tertiary/aromatic N) is 1. The first-order chi connectivity index (χ1) is 9.73. The zero-order valence-corrected chi connectivity index (χ0v) is 13.0. The number of hydrogen-bond donors (Lipinski definition) is 1. The second kappa shape index (κ2) is 5.88. The van der Waals surface area contributed by atoms with E-state index in [9.17, 15) is 17.2 Å². The molecule has 7 heteroatoms. The molecule has 2 N–H and O–H groups in total. The lowest BCUT2D eigenvalue weighted by molar-refractivity contribution is 0.245. The van der Waals surface area contributed by atoms with Gasteiger partial charge in [-0.05, 0) is 43.7 Å². The summed E-state index contributed by atoms with van der Waals surface area (Å²) in [6, 6.07) is 1.43. The van der Waals surface area contributed by atoms with E-state index in [0.717, 1.165) is 29.3 Å². The number of sulfonamides is 1. The molecule has 118 valence electrons. The highest BCUT2D eigenvalue weighted by atomic mass is 32.2. The van der Waals surface area contributed by atoms with Crippen LogP contribution in [0.4, 0.5) is 14.5 Å². The maximum absolute atomic E-state index is 13.9. The molecule has 0 heterocycles. The molecule has 1 aliphatic rings. The molecule has 0 aliphatic heterocycles. The molecule has 1 saturated carbocycles. The summed E-state index contributed by atoms with van der Waals surface area (Å²) in [6.45, 7) is 2.12. The Morgan fingerprint density at radius 2 is 1.62 bits per heavy atom. The molecule has 0 atom stereocenters. The summed E-state index contributed by atoms with van der Waals surface area (Å²) in [5, 5.41) is 0. The second-order valence-electron chi connectivity index (χ2n) is 5.75. The summed E-state index contributed by atoms with van der Waals surface area (Å²) >= 11 is 0. The Kier molecular flexibility index (Phi) is 4.53. The van der Waals surface area contributed by atoms with Gasteiger partial charge in [0.15, 0.2) is 4.90 Å². The Balaban J connectivity index is 2.34. The first-order valence-electron chi connectivity index (χ1n) is 6.96. The van der Waals surface area contributed by atoms with Gasteiger partial charge in [-0.3, -0.25) is 0 Å². The van der Waals surface area contributed by atoms with E-state index < -0.39 is 26.6 Å². The van der Waals surface area contributed by atoms with Crippen molar-refractivity contribution < 1.29 is 17.2 Å². The molecule has 1 aliphatic carbocycles. The van der Waals surface area contributed by atoms with E-state index in [0.29, 0.717) is 18.8 Å². The maximum atomic E-state index is 13.9. The normalized spacial score (nSPS) is 23.5. The van der Waals surface area contributed by atoms with Crippen LogP contribution in [0.25, 0.3) is 0 Å². The summed E-state index contributed by atoms with van der Waals surface area (Å²) < 4.78 is 53.8. The molecule has 0 saturated heterocycles. The first-order valence-corrected chi connectivity index (χ1v) is 8.40. The summed E-state index contributed by atoms with van der Waals surface area (Å²) in [7, 11) is -2.83. The third-order valence-electron chi connectivity index (χ3n) is 4.16. The molecule has 1 fully saturated rings. The minimum Gasteiger partial charge on any atom is -0.399 e. The number of anilines is 1. The Hall–Kier alpha value is -1.21. The van der Waals surface area contributed by atoms with Gasteiger partial charge in [0.25, 0.3) is 0 Å². The molecule has 0 spiro atoms. The van der Waals surface area contributed by atoms with E-state index in [1.807, 2.05) is 0 Å². The molecule has 0 aromatic heterocycles. The van der Waals surface area contributed by atoms with Crippen molar-refractivity contribution in [2.45, 2.75) is 43.5 Å². The summed E-state index contributed by atoms with van der Waals surface area (Å²) in [4.78, 5) is -0.919. The number of halogens is 2. The molecular weight excluding hydrogens is 298 g/mol. The van der Waals surface area contributed by atoms with Crippen LogP contribution in [0.1, 0.15) is 32.6 Å². The molecule has 2 rings (SSSR count). The quantitative estimate of drug-likeness (QED) is 0.872. The standard InChI is InChI=1S/C14H20F2N2O2S/c1-9-3-5-11(6-4-9)18(2)21(19,20)14-12(15)7-10(17)8-13(14)16/h7-9,11H,3-6,17H2,1-2H3. The fourth-order valence-corrected chi connectivity index (χ4v) is 4.27. The van der Waals surface area contributed by atoms with Crippen molar-refractivity contribution in [3.05, 3.63) is 23.8 Å². The Labute approximate surface area is 124 Å². The molecule has 0 radical (unpaired) electrons. The van der Waals surface area contributed by atoms with Gasteiger partial charge in [-0.15, -0.1) is 0 Å². The van der Waals surface area contributed by atoms with Gasteiger partial charge >= 0.3 is 0 Å². The van der Waals surface area contributed by atoms with Crippen molar-refractivity contribution in [3.63, 3.8) is 0 Å². The van der Waals surface area contributed by atoms with Gasteiger partial charge in [0.05, 0.1) is 0 Å². The number of hydrogen-bond acceptors (Lipinski definition) is 3. The summed E-state index contributed by atoms with van der Waals surface area (Å²) in [6.07, 6.45) is 3.23. The monoisotopic (exact) mass is 318 g/mol. The van der Waals surface area contributed by atoms with E-state index in [1.165, 1.54) is 7.05 Å². The molecule has 0 amide bonds. The highest BCUT2D eigenvalue weighted by Gasteiger charge is 2.34. The van der Waals surface area contributed by atoms with Crippen molar-refractivity contribution in [1.82, 2.24) is 4.31 Å². The van der Waals surface area contributed by atoms with Crippen LogP contribution in [0, 0.1) is 17.6 Å². The zero-order chi connectivity index (χ0) is 15.8. The lowest BCUT2D eigenvalue weighted by Crippen LogP contribution is -2.39. The van der Waals surface area contributed by atoms with E-state index in [1.54, 1.807) is 0 Å². The van der Waals surface area contributed by atoms with Crippen LogP contribution in [0.2, 0.25) is 0 Å². The van der Waals surface area contributed by atoms with Gasteiger partial charge in [-0.2, -0.15) is 4.31 Å². The topological polar surface area (TPSA) is 63.4 Å². The predicted molar refractivity (Wildman–Crippen MR) is 77.1 cm³/mol. The molecule has 21 heavy (non-hydrogen) atoms. The fourth-order valence-electron chi connectivity index (χ4n) is 2.77. The molecule has 1 aromatic carbocycles. The number of benzene rings is 1. The van der Waals surface area contributed by atoms with Crippen LogP contribution in [0.5, 0.6) is 0 Å². The van der Waals surface area contributed by atoms with Gasteiger partial charge in [0.1, 0.15) is 11.6 Å². The summed E-state index contributed by atoms with van der Waals surface area (Å²) in [5.74, 6) is -1.74. The van der Waals surface area contributed by atoms with Crippen molar-refractivity contribution in [3.8, 4) is 0 Å². The average Bonchev–Trinajstić information content (AvgIpc) is 2.37. The molecule has 1 aromatic rings. The van der Waals surface area contributed by atoms with Gasteiger partial charge < -0.3 is 5.73 Å². The van der Waals surface area contributed by atoms with E-state index in [4.69, 9.17) is 5.73 Å². The van der Waals surface area contributed by atoms with E-state index >= 15 is 0 Å². The van der Waals surface area contributed by atoms with Crippen molar-refractivity contribution in [2.75, 3.05) is 12.8 Å². The minimum atomic E-state index is -4.21. The highest BCUT2D eigenvalue weighted by Crippen LogP contribution is 2.31. The van der Waals surface area contributed by atoms with Crippen LogP contribution >= 0.6 is 0 Å². The number of nitrogens with two attached hydrogens (primary N) is 1. The van der Waals surface area contributed by atoms with Crippen LogP contribution in [-0.4, -0.2) is 25.8 Å². The summed E-state index contributed by atoms with van der Waals surface area (Å²) in [5.41, 5.74) is 5.18. The average molecular weight is 318 g/mol. The van der Waals surface area contributed by atoms with E-state index in [-0.39, 0.29) is 11.7 Å². The van der Waals surface area contributed by atoms with Crippen molar-refractivity contribution >= 4 is 15.7 Å². The Morgan fingerprint density at radius 1 is 1.14 bits per heavy atom. The fraction of sp³-hybridized carbons (Fsp3) is 0.571. The molecule has 4 nitrogen and oxygen atoms in total. The van der Waals surface area contributed by atoms with Crippen molar-refractivity contribution in [2.24, 2.45) is 5.92 Å². The first kappa shape index (κ1) is 16.2. The predicted octanol–water partition coefficient (Wildman–Crippen LogP) is 2.75. The molecule has 0 unspecified atom stereocenters. The molecular formula is C14H20F2N2O2S. The lowest BCUT2D eigenvalue weighted by Gasteiger charge is -2.32. The number of rotatable bonds is 3. The Bertz CT molecular complexity index is 603. The zero-order valence-electron chi connectivity index (χ0n) is 12.1. The largest absolute Gasteiger partial charge is 0.399 e.